The van der Waals surface area contributed by atoms with Gasteiger partial charge in [-0.05, 0) is 36.8 Å². The Hall–Kier alpha value is -0.350. The molecule has 1 aromatic heterocycles. The third-order valence-electron chi connectivity index (χ3n) is 3.60. The number of nitrogens with one attached hydrogen (secondary N) is 1. The first-order valence-corrected chi connectivity index (χ1v) is 8.13. The Balaban J connectivity index is 1.51. The Kier molecular flexibility index (Phi) is 6.38. The Morgan fingerprint density at radius 3 is 2.95 bits per heavy atom. The smallest absolute Gasteiger partial charge is 0.0931 e. The fourth-order valence-electron chi connectivity index (χ4n) is 2.28. The maximum atomic E-state index is 5.88. The van der Waals surface area contributed by atoms with E-state index in [2.05, 4.69) is 30.5 Å². The van der Waals surface area contributed by atoms with Crippen molar-refractivity contribution in [3.05, 3.63) is 33.5 Å². The van der Waals surface area contributed by atoms with Crippen LogP contribution in [0, 0.1) is 11.8 Å². The third kappa shape index (κ3) is 5.27. The Morgan fingerprint density at radius 1 is 1.37 bits per heavy atom. The van der Waals surface area contributed by atoms with Gasteiger partial charge in [0.05, 0.1) is 17.6 Å². The van der Waals surface area contributed by atoms with Gasteiger partial charge < -0.3 is 10.1 Å². The van der Waals surface area contributed by atoms with Crippen molar-refractivity contribution in [2.24, 2.45) is 11.8 Å². The van der Waals surface area contributed by atoms with Gasteiger partial charge in [-0.3, -0.25) is 0 Å². The summed E-state index contributed by atoms with van der Waals surface area (Å²) in [6.45, 7) is 5.76. The number of thiophene rings is 1. The highest BCUT2D eigenvalue weighted by molar-refractivity contribution is 7.16. The van der Waals surface area contributed by atoms with Crippen LogP contribution < -0.4 is 5.32 Å². The van der Waals surface area contributed by atoms with Crippen molar-refractivity contribution in [1.82, 2.24) is 5.32 Å². The standard InChI is InChI=1S/C15H22ClNOS/c1-12-4-2-3-5-13(12)11-18-9-8-17-10-14-6-7-15(16)19-14/h2-3,6-7,12-13,17H,4-5,8-11H2,1H3. The maximum Gasteiger partial charge on any atom is 0.0931 e. The molecule has 0 saturated heterocycles. The molecule has 2 nitrogen and oxygen atoms in total. The molecule has 1 N–H and O–H groups in total. The highest BCUT2D eigenvalue weighted by atomic mass is 35.5. The van der Waals surface area contributed by atoms with Gasteiger partial charge in [0.1, 0.15) is 0 Å². The second kappa shape index (κ2) is 8.05. The molecule has 0 amide bonds. The van der Waals surface area contributed by atoms with E-state index in [0.29, 0.717) is 5.92 Å². The van der Waals surface area contributed by atoms with Gasteiger partial charge in [0, 0.05) is 18.0 Å². The minimum Gasteiger partial charge on any atom is -0.380 e. The van der Waals surface area contributed by atoms with Crippen molar-refractivity contribution in [2.75, 3.05) is 19.8 Å². The molecule has 1 aromatic rings. The van der Waals surface area contributed by atoms with Crippen molar-refractivity contribution in [3.8, 4) is 0 Å². The third-order valence-corrected chi connectivity index (χ3v) is 4.83. The van der Waals surface area contributed by atoms with E-state index in [4.69, 9.17) is 16.3 Å². The predicted octanol–water partition coefficient (Wildman–Crippen LogP) is 4.11. The number of rotatable bonds is 7. The lowest BCUT2D eigenvalue weighted by Gasteiger charge is -2.24. The number of halogens is 1. The Morgan fingerprint density at radius 2 is 2.21 bits per heavy atom. The molecule has 106 valence electrons. The summed E-state index contributed by atoms with van der Waals surface area (Å²) in [4.78, 5) is 1.27. The molecule has 0 radical (unpaired) electrons. The average Bonchev–Trinajstić information content (AvgIpc) is 2.81. The summed E-state index contributed by atoms with van der Waals surface area (Å²) in [5.74, 6) is 1.45. The number of allylic oxidation sites excluding steroid dienone is 2. The summed E-state index contributed by atoms with van der Waals surface area (Å²) in [6, 6.07) is 4.01. The second-order valence-electron chi connectivity index (χ2n) is 5.14. The van der Waals surface area contributed by atoms with Crippen molar-refractivity contribution in [2.45, 2.75) is 26.3 Å². The molecule has 0 saturated carbocycles. The van der Waals surface area contributed by atoms with Gasteiger partial charge in [0.25, 0.3) is 0 Å². The van der Waals surface area contributed by atoms with Gasteiger partial charge in [-0.25, -0.2) is 0 Å². The zero-order valence-electron chi connectivity index (χ0n) is 11.4. The van der Waals surface area contributed by atoms with Gasteiger partial charge in [-0.2, -0.15) is 0 Å². The van der Waals surface area contributed by atoms with Crippen molar-refractivity contribution < 1.29 is 4.74 Å². The summed E-state index contributed by atoms with van der Waals surface area (Å²) in [6.07, 6.45) is 6.94. The van der Waals surface area contributed by atoms with E-state index in [0.717, 1.165) is 36.6 Å². The zero-order chi connectivity index (χ0) is 13.5. The normalized spacial score (nSPS) is 22.8. The Labute approximate surface area is 124 Å². The van der Waals surface area contributed by atoms with Crippen LogP contribution in [0.5, 0.6) is 0 Å². The van der Waals surface area contributed by atoms with Crippen LogP contribution in [0.25, 0.3) is 0 Å². The van der Waals surface area contributed by atoms with Gasteiger partial charge in [-0.15, -0.1) is 11.3 Å². The lowest BCUT2D eigenvalue weighted by molar-refractivity contribution is 0.0807. The molecule has 1 aliphatic rings. The molecule has 0 aromatic carbocycles. The van der Waals surface area contributed by atoms with E-state index in [1.165, 1.54) is 17.7 Å². The Bertz CT molecular complexity index is 405. The van der Waals surface area contributed by atoms with Gasteiger partial charge >= 0.3 is 0 Å². The lowest BCUT2D eigenvalue weighted by Crippen LogP contribution is -2.23. The van der Waals surface area contributed by atoms with E-state index in [1.54, 1.807) is 11.3 Å². The van der Waals surface area contributed by atoms with E-state index in [-0.39, 0.29) is 0 Å². The minimum absolute atomic E-state index is 0.695. The summed E-state index contributed by atoms with van der Waals surface area (Å²) in [5, 5.41) is 3.38. The first-order chi connectivity index (χ1) is 9.25. The maximum absolute atomic E-state index is 5.88. The monoisotopic (exact) mass is 299 g/mol. The predicted molar refractivity (Wildman–Crippen MR) is 82.9 cm³/mol. The summed E-state index contributed by atoms with van der Waals surface area (Å²) >= 11 is 7.51. The lowest BCUT2D eigenvalue weighted by atomic mass is 9.85. The quantitative estimate of drug-likeness (QED) is 0.604. The first-order valence-electron chi connectivity index (χ1n) is 6.93. The molecule has 0 bridgehead atoms. The summed E-state index contributed by atoms with van der Waals surface area (Å²) < 4.78 is 6.62. The second-order valence-corrected chi connectivity index (χ2v) is 6.94. The highest BCUT2D eigenvalue weighted by Gasteiger charge is 2.17. The van der Waals surface area contributed by atoms with Crippen LogP contribution in [0.3, 0.4) is 0 Å². The van der Waals surface area contributed by atoms with E-state index >= 15 is 0 Å². The van der Waals surface area contributed by atoms with Crippen molar-refractivity contribution in [3.63, 3.8) is 0 Å². The molecule has 0 spiro atoms. The van der Waals surface area contributed by atoms with Gasteiger partial charge in [-0.1, -0.05) is 30.7 Å². The van der Waals surface area contributed by atoms with Crippen molar-refractivity contribution in [1.29, 1.82) is 0 Å². The van der Waals surface area contributed by atoms with E-state index in [9.17, 15) is 0 Å². The number of ether oxygens (including phenoxy) is 1. The molecular weight excluding hydrogens is 278 g/mol. The number of hydrogen-bond donors (Lipinski definition) is 1. The topological polar surface area (TPSA) is 21.3 Å². The van der Waals surface area contributed by atoms with Gasteiger partial charge in [0.2, 0.25) is 0 Å². The largest absolute Gasteiger partial charge is 0.380 e. The fraction of sp³-hybridized carbons (Fsp3) is 0.600. The SMILES string of the molecule is CC1CC=CCC1COCCNCc1ccc(Cl)s1. The summed E-state index contributed by atoms with van der Waals surface area (Å²) in [5.41, 5.74) is 0. The fourth-order valence-corrected chi connectivity index (χ4v) is 3.33. The van der Waals surface area contributed by atoms with E-state index < -0.39 is 0 Å². The van der Waals surface area contributed by atoms with E-state index in [1.807, 2.05) is 6.07 Å². The molecule has 1 aliphatic carbocycles. The molecule has 2 unspecified atom stereocenters. The van der Waals surface area contributed by atoms with Crippen LogP contribution in [-0.2, 0) is 11.3 Å². The first kappa shape index (κ1) is 15.0. The molecular formula is C15H22ClNOS. The number of hydrogen-bond acceptors (Lipinski definition) is 3. The zero-order valence-corrected chi connectivity index (χ0v) is 13.0. The molecule has 2 atom stereocenters. The summed E-state index contributed by atoms with van der Waals surface area (Å²) in [7, 11) is 0. The molecule has 19 heavy (non-hydrogen) atoms. The highest BCUT2D eigenvalue weighted by Crippen LogP contribution is 2.25. The van der Waals surface area contributed by atoms with Crippen LogP contribution in [0.2, 0.25) is 4.34 Å². The molecule has 0 aliphatic heterocycles. The van der Waals surface area contributed by atoms with Gasteiger partial charge in [0.15, 0.2) is 0 Å². The molecule has 1 heterocycles. The minimum atomic E-state index is 0.695. The van der Waals surface area contributed by atoms with Crippen molar-refractivity contribution >= 4 is 22.9 Å². The molecule has 2 rings (SSSR count). The van der Waals surface area contributed by atoms with Crippen LogP contribution in [0.1, 0.15) is 24.6 Å². The molecule has 4 heteroatoms. The van der Waals surface area contributed by atoms with Crippen LogP contribution in [0.4, 0.5) is 0 Å². The van der Waals surface area contributed by atoms with Crippen LogP contribution >= 0.6 is 22.9 Å². The van der Waals surface area contributed by atoms with Crippen LogP contribution in [0.15, 0.2) is 24.3 Å². The van der Waals surface area contributed by atoms with Crippen LogP contribution in [-0.4, -0.2) is 19.8 Å². The molecule has 0 fully saturated rings. The average molecular weight is 300 g/mol.